The molecular weight excluding hydrogens is 308 g/mol. The van der Waals surface area contributed by atoms with Crippen LogP contribution in [-0.4, -0.2) is 34.8 Å². The summed E-state index contributed by atoms with van der Waals surface area (Å²) in [6, 6.07) is 6.58. The van der Waals surface area contributed by atoms with Gasteiger partial charge in [0.05, 0.1) is 0 Å². The number of hydrogen-bond acceptors (Lipinski definition) is 1. The summed E-state index contributed by atoms with van der Waals surface area (Å²) in [5.74, 6) is 1.35. The molecule has 0 aliphatic carbocycles. The fraction of sp³-hybridized carbons (Fsp3) is 0.526. The monoisotopic (exact) mass is 332 g/mol. The highest BCUT2D eigenvalue weighted by molar-refractivity contribution is 6.17. The molecule has 2 aromatic rings. The smallest absolute Gasteiger partial charge is 0.222 e. The van der Waals surface area contributed by atoms with Gasteiger partial charge < -0.3 is 9.88 Å². The Morgan fingerprint density at radius 1 is 1.30 bits per heavy atom. The highest BCUT2D eigenvalue weighted by Crippen LogP contribution is 2.33. The van der Waals surface area contributed by atoms with Crippen LogP contribution < -0.4 is 0 Å². The molecule has 1 aliphatic heterocycles. The van der Waals surface area contributed by atoms with Crippen LogP contribution in [0.4, 0.5) is 0 Å². The lowest BCUT2D eigenvalue weighted by Crippen LogP contribution is -2.38. The Morgan fingerprint density at radius 3 is 2.74 bits per heavy atom. The fourth-order valence-corrected chi connectivity index (χ4v) is 3.80. The number of aromatic nitrogens is 1. The number of aromatic amines is 1. The van der Waals surface area contributed by atoms with E-state index in [1.54, 1.807) is 0 Å². The molecule has 0 bridgehead atoms. The van der Waals surface area contributed by atoms with E-state index in [1.807, 2.05) is 4.90 Å². The number of nitrogens with one attached hydrogen (secondary N) is 1. The summed E-state index contributed by atoms with van der Waals surface area (Å²) in [5.41, 5.74) is 5.25. The zero-order chi connectivity index (χ0) is 16.4. The van der Waals surface area contributed by atoms with Crippen LogP contribution in [0.5, 0.6) is 0 Å². The summed E-state index contributed by atoms with van der Waals surface area (Å²) in [6.45, 7) is 6.07. The Hall–Kier alpha value is -1.48. The predicted molar refractivity (Wildman–Crippen MR) is 96.3 cm³/mol. The average molecular weight is 333 g/mol. The first-order valence-corrected chi connectivity index (χ1v) is 9.06. The minimum Gasteiger partial charge on any atom is -0.358 e. The number of likely N-dealkylation sites (tertiary alicyclic amines) is 1. The van der Waals surface area contributed by atoms with Gasteiger partial charge in [-0.3, -0.25) is 4.79 Å². The molecule has 1 fully saturated rings. The number of alkyl halides is 1. The number of H-pyrrole nitrogens is 1. The molecule has 0 spiro atoms. The third kappa shape index (κ3) is 3.40. The molecule has 1 aliphatic rings. The van der Waals surface area contributed by atoms with Crippen molar-refractivity contribution in [3.8, 4) is 0 Å². The van der Waals surface area contributed by atoms with Crippen LogP contribution in [0.3, 0.4) is 0 Å². The number of nitrogens with zero attached hydrogens (tertiary/aromatic N) is 1. The number of amides is 1. The zero-order valence-corrected chi connectivity index (χ0v) is 14.7. The number of rotatable bonds is 4. The van der Waals surface area contributed by atoms with Crippen molar-refractivity contribution in [2.45, 2.75) is 45.4 Å². The number of carbonyl (C=O) groups excluding carboxylic acids is 1. The number of hydrogen-bond donors (Lipinski definition) is 1. The second-order valence-corrected chi connectivity index (χ2v) is 7.04. The third-order valence-electron chi connectivity index (χ3n) is 5.03. The van der Waals surface area contributed by atoms with Crippen molar-refractivity contribution in [1.29, 1.82) is 0 Å². The lowest BCUT2D eigenvalue weighted by atomic mass is 9.91. The molecule has 0 saturated carbocycles. The van der Waals surface area contributed by atoms with Crippen molar-refractivity contribution in [3.05, 3.63) is 35.0 Å². The van der Waals surface area contributed by atoms with Gasteiger partial charge in [0, 0.05) is 47.9 Å². The lowest BCUT2D eigenvalue weighted by molar-refractivity contribution is -0.132. The molecule has 0 unspecified atom stereocenters. The van der Waals surface area contributed by atoms with Crippen molar-refractivity contribution in [3.63, 3.8) is 0 Å². The summed E-state index contributed by atoms with van der Waals surface area (Å²) in [6.07, 6.45) is 3.44. The van der Waals surface area contributed by atoms with Gasteiger partial charge in [-0.15, -0.1) is 11.6 Å². The van der Waals surface area contributed by atoms with E-state index in [2.05, 4.69) is 37.0 Å². The molecule has 1 aromatic carbocycles. The largest absolute Gasteiger partial charge is 0.358 e. The molecule has 23 heavy (non-hydrogen) atoms. The average Bonchev–Trinajstić information content (AvgIpc) is 2.89. The van der Waals surface area contributed by atoms with Crippen LogP contribution >= 0.6 is 11.6 Å². The van der Waals surface area contributed by atoms with Crippen LogP contribution in [0.25, 0.3) is 10.9 Å². The summed E-state index contributed by atoms with van der Waals surface area (Å²) >= 11 is 5.68. The van der Waals surface area contributed by atoms with E-state index in [-0.39, 0.29) is 5.91 Å². The van der Waals surface area contributed by atoms with Crippen molar-refractivity contribution in [2.75, 3.05) is 19.0 Å². The topological polar surface area (TPSA) is 36.1 Å². The van der Waals surface area contributed by atoms with Gasteiger partial charge in [-0.1, -0.05) is 11.6 Å². The first-order valence-electron chi connectivity index (χ1n) is 8.52. The Bertz CT molecular complexity index is 699. The van der Waals surface area contributed by atoms with Crippen molar-refractivity contribution < 1.29 is 4.79 Å². The number of benzene rings is 1. The molecule has 0 atom stereocenters. The highest BCUT2D eigenvalue weighted by Gasteiger charge is 2.25. The molecule has 124 valence electrons. The van der Waals surface area contributed by atoms with Crippen LogP contribution in [0.2, 0.25) is 0 Å². The number of fused-ring (bicyclic) bond motifs is 1. The fourth-order valence-electron chi connectivity index (χ4n) is 3.66. The van der Waals surface area contributed by atoms with Crippen LogP contribution in [0.1, 0.15) is 48.4 Å². The van der Waals surface area contributed by atoms with Crippen molar-refractivity contribution >= 4 is 28.4 Å². The van der Waals surface area contributed by atoms with Crippen LogP contribution in [-0.2, 0) is 4.79 Å². The molecule has 1 N–H and O–H groups in total. The van der Waals surface area contributed by atoms with Gasteiger partial charge in [-0.2, -0.15) is 0 Å². The van der Waals surface area contributed by atoms with E-state index in [4.69, 9.17) is 11.6 Å². The maximum Gasteiger partial charge on any atom is 0.222 e. The maximum absolute atomic E-state index is 12.1. The molecule has 1 amide bonds. The molecule has 0 radical (unpaired) electrons. The summed E-state index contributed by atoms with van der Waals surface area (Å²) < 4.78 is 0. The Morgan fingerprint density at radius 2 is 2.04 bits per heavy atom. The van der Waals surface area contributed by atoms with Crippen LogP contribution in [0, 0.1) is 13.8 Å². The second-order valence-electron chi connectivity index (χ2n) is 6.66. The van der Waals surface area contributed by atoms with E-state index in [1.165, 1.54) is 27.7 Å². The van der Waals surface area contributed by atoms with Gasteiger partial charge in [0.1, 0.15) is 0 Å². The molecule has 3 nitrogen and oxygen atoms in total. The quantitative estimate of drug-likeness (QED) is 0.821. The molecule has 1 aromatic heterocycles. The van der Waals surface area contributed by atoms with E-state index in [9.17, 15) is 4.79 Å². The number of halogens is 1. The normalized spacial score (nSPS) is 16.2. The van der Waals surface area contributed by atoms with Gasteiger partial charge in [-0.05, 0) is 50.8 Å². The Balaban J connectivity index is 1.70. The number of carbonyl (C=O) groups is 1. The summed E-state index contributed by atoms with van der Waals surface area (Å²) in [7, 11) is 0. The van der Waals surface area contributed by atoms with Gasteiger partial charge >= 0.3 is 0 Å². The second kappa shape index (κ2) is 6.96. The third-order valence-corrected chi connectivity index (χ3v) is 5.30. The standard InChI is InChI=1S/C19H25ClN2O/c1-13-5-6-17-16(12-13)14(2)19(21-17)15-7-10-22(11-8-15)18(23)4-3-9-20/h5-6,12,15,21H,3-4,7-11H2,1-2H3. The van der Waals surface area contributed by atoms with Crippen molar-refractivity contribution in [2.24, 2.45) is 0 Å². The van der Waals surface area contributed by atoms with Crippen molar-refractivity contribution in [1.82, 2.24) is 9.88 Å². The SMILES string of the molecule is Cc1ccc2[nH]c(C3CCN(C(=O)CCCCl)CC3)c(C)c2c1. The van der Waals surface area contributed by atoms with E-state index in [0.717, 1.165) is 32.4 Å². The molecular formula is C19H25ClN2O. The lowest BCUT2D eigenvalue weighted by Gasteiger charge is -2.32. The number of piperidine rings is 1. The first kappa shape index (κ1) is 16.4. The minimum absolute atomic E-state index is 0.257. The highest BCUT2D eigenvalue weighted by atomic mass is 35.5. The Kier molecular flexibility index (Phi) is 4.96. The van der Waals surface area contributed by atoms with Gasteiger partial charge in [0.2, 0.25) is 5.91 Å². The van der Waals surface area contributed by atoms with Gasteiger partial charge in [-0.25, -0.2) is 0 Å². The Labute approximate surface area is 143 Å². The van der Waals surface area contributed by atoms with Gasteiger partial charge in [0.25, 0.3) is 0 Å². The van der Waals surface area contributed by atoms with E-state index < -0.39 is 0 Å². The molecule has 1 saturated heterocycles. The molecule has 4 heteroatoms. The zero-order valence-electron chi connectivity index (χ0n) is 14.0. The van der Waals surface area contributed by atoms with E-state index >= 15 is 0 Å². The molecule has 3 rings (SSSR count). The van der Waals surface area contributed by atoms with Gasteiger partial charge in [0.15, 0.2) is 0 Å². The molecule has 2 heterocycles. The van der Waals surface area contributed by atoms with E-state index in [0.29, 0.717) is 18.2 Å². The summed E-state index contributed by atoms with van der Waals surface area (Å²) in [4.78, 5) is 17.7. The minimum atomic E-state index is 0.257. The maximum atomic E-state index is 12.1. The summed E-state index contributed by atoms with van der Waals surface area (Å²) in [5, 5.41) is 1.33. The van der Waals surface area contributed by atoms with Crippen LogP contribution in [0.15, 0.2) is 18.2 Å². The predicted octanol–water partition coefficient (Wildman–Crippen LogP) is 4.51. The number of aryl methyl sites for hydroxylation is 2. The first-order chi connectivity index (χ1) is 11.1.